The molecule has 2 aromatic carbocycles. The minimum atomic E-state index is -0.562. The zero-order valence-electron chi connectivity index (χ0n) is 22.0. The van der Waals surface area contributed by atoms with E-state index in [1.54, 1.807) is 48.5 Å². The molecule has 3 amide bonds. The molecular formula is C30H29ClN2O6S. The summed E-state index contributed by atoms with van der Waals surface area (Å²) >= 11 is 6.70. The zero-order valence-corrected chi connectivity index (χ0v) is 23.6. The van der Waals surface area contributed by atoms with Gasteiger partial charge in [0.15, 0.2) is 11.5 Å². The van der Waals surface area contributed by atoms with E-state index in [9.17, 15) is 19.2 Å². The van der Waals surface area contributed by atoms with E-state index < -0.39 is 29.0 Å². The van der Waals surface area contributed by atoms with Crippen molar-refractivity contribution in [2.75, 3.05) is 19.0 Å². The van der Waals surface area contributed by atoms with Crippen LogP contribution in [0.4, 0.5) is 10.5 Å². The SMILES string of the molecule is COc1cc(/C=C2\SC(=O)N(CC(=O)Nc3cccc(Cl)c3)C2=O)ccc1OC(=O)C12CC3CC(CC(C3)C1)C2. The van der Waals surface area contributed by atoms with E-state index in [0.29, 0.717) is 45.5 Å². The molecule has 8 nitrogen and oxygen atoms in total. The smallest absolute Gasteiger partial charge is 0.317 e. The fourth-order valence-corrected chi connectivity index (χ4v) is 8.15. The van der Waals surface area contributed by atoms with Gasteiger partial charge in [0.1, 0.15) is 6.54 Å². The second-order valence-corrected chi connectivity index (χ2v) is 12.8. The van der Waals surface area contributed by atoms with E-state index in [4.69, 9.17) is 21.1 Å². The van der Waals surface area contributed by atoms with Gasteiger partial charge < -0.3 is 14.8 Å². The summed E-state index contributed by atoms with van der Waals surface area (Å²) in [7, 11) is 1.49. The average Bonchev–Trinajstić information content (AvgIpc) is 3.15. The van der Waals surface area contributed by atoms with Gasteiger partial charge >= 0.3 is 5.97 Å². The summed E-state index contributed by atoms with van der Waals surface area (Å²) in [5.74, 6) is 1.34. The second kappa shape index (κ2) is 10.6. The molecule has 4 bridgehead atoms. The molecule has 0 aromatic heterocycles. The third-order valence-corrected chi connectivity index (χ3v) is 9.59. The Morgan fingerprint density at radius 3 is 2.40 bits per heavy atom. The van der Waals surface area contributed by atoms with Gasteiger partial charge in [-0.1, -0.05) is 23.7 Å². The van der Waals surface area contributed by atoms with Gasteiger partial charge in [0.05, 0.1) is 17.4 Å². The molecule has 0 radical (unpaired) electrons. The van der Waals surface area contributed by atoms with Crippen LogP contribution in [0.1, 0.15) is 44.1 Å². The number of imide groups is 1. The first-order valence-corrected chi connectivity index (χ1v) is 14.6. The number of rotatable bonds is 7. The first-order valence-electron chi connectivity index (χ1n) is 13.4. The van der Waals surface area contributed by atoms with Crippen molar-refractivity contribution in [3.05, 3.63) is 58.0 Å². The molecule has 10 heteroatoms. The van der Waals surface area contributed by atoms with Gasteiger partial charge in [-0.2, -0.15) is 0 Å². The highest BCUT2D eigenvalue weighted by Gasteiger charge is 2.55. The van der Waals surface area contributed by atoms with Crippen LogP contribution in [0.25, 0.3) is 6.08 Å². The molecule has 0 atom stereocenters. The number of methoxy groups -OCH3 is 1. The minimum absolute atomic E-state index is 0.171. The molecule has 7 rings (SSSR count). The van der Waals surface area contributed by atoms with Crippen molar-refractivity contribution in [3.63, 3.8) is 0 Å². The van der Waals surface area contributed by atoms with E-state index in [1.165, 1.54) is 26.4 Å². The standard InChI is InChI=1S/C30H29ClN2O6S/c1-38-24-10-17(5-6-23(24)39-28(36)30-13-18-7-19(14-30)9-20(8-18)15-30)11-25-27(35)33(29(37)40-25)16-26(34)32-22-4-2-3-21(31)12-22/h2-6,10-12,18-20H,7-9,13-16H2,1H3,(H,32,34)/b25-11-. The Labute approximate surface area is 241 Å². The van der Waals surface area contributed by atoms with E-state index in [2.05, 4.69) is 5.32 Å². The average molecular weight is 581 g/mol. The van der Waals surface area contributed by atoms with Crippen molar-refractivity contribution in [2.24, 2.45) is 23.2 Å². The van der Waals surface area contributed by atoms with Gasteiger partial charge in [-0.15, -0.1) is 0 Å². The van der Waals surface area contributed by atoms with Crippen LogP contribution < -0.4 is 14.8 Å². The summed E-state index contributed by atoms with van der Waals surface area (Å²) in [6.45, 7) is -0.420. The summed E-state index contributed by atoms with van der Waals surface area (Å²) in [5, 5.41) is 2.56. The van der Waals surface area contributed by atoms with Crippen molar-refractivity contribution in [2.45, 2.75) is 38.5 Å². The lowest BCUT2D eigenvalue weighted by molar-refractivity contribution is -0.161. The molecule has 5 aliphatic rings. The number of amides is 3. The number of anilines is 1. The molecule has 4 aliphatic carbocycles. The number of hydrogen-bond donors (Lipinski definition) is 1. The van der Waals surface area contributed by atoms with Gasteiger partial charge in [0.2, 0.25) is 5.91 Å². The maximum atomic E-state index is 13.4. The van der Waals surface area contributed by atoms with Crippen LogP contribution in [0.3, 0.4) is 0 Å². The summed E-state index contributed by atoms with van der Waals surface area (Å²) in [4.78, 5) is 52.4. The van der Waals surface area contributed by atoms with Gasteiger partial charge in [0, 0.05) is 10.7 Å². The zero-order chi connectivity index (χ0) is 28.0. The highest BCUT2D eigenvalue weighted by Crippen LogP contribution is 2.60. The Hall–Kier alpha value is -3.30. The Morgan fingerprint density at radius 2 is 1.75 bits per heavy atom. The van der Waals surface area contributed by atoms with Crippen molar-refractivity contribution in [1.82, 2.24) is 4.90 Å². The predicted octanol–water partition coefficient (Wildman–Crippen LogP) is 6.15. The molecule has 2 aromatic rings. The van der Waals surface area contributed by atoms with Crippen LogP contribution in [-0.2, 0) is 14.4 Å². The summed E-state index contributed by atoms with van der Waals surface area (Å²) < 4.78 is 11.4. The Kier molecular flexibility index (Phi) is 7.12. The Bertz CT molecular complexity index is 1400. The largest absolute Gasteiger partial charge is 0.493 e. The number of benzene rings is 2. The maximum Gasteiger partial charge on any atom is 0.317 e. The summed E-state index contributed by atoms with van der Waals surface area (Å²) in [6, 6.07) is 11.6. The minimum Gasteiger partial charge on any atom is -0.493 e. The van der Waals surface area contributed by atoms with Crippen molar-refractivity contribution in [1.29, 1.82) is 0 Å². The third-order valence-electron chi connectivity index (χ3n) is 8.44. The highest BCUT2D eigenvalue weighted by molar-refractivity contribution is 8.18. The van der Waals surface area contributed by atoms with Crippen LogP contribution in [0.15, 0.2) is 47.4 Å². The van der Waals surface area contributed by atoms with Gasteiger partial charge in [0.25, 0.3) is 11.1 Å². The van der Waals surface area contributed by atoms with E-state index in [1.807, 2.05) is 0 Å². The first-order chi connectivity index (χ1) is 19.2. The van der Waals surface area contributed by atoms with Crippen LogP contribution in [0.2, 0.25) is 5.02 Å². The van der Waals surface area contributed by atoms with E-state index in [0.717, 1.165) is 35.9 Å². The fraction of sp³-hybridized carbons (Fsp3) is 0.400. The van der Waals surface area contributed by atoms with Gasteiger partial charge in [-0.25, -0.2) is 0 Å². The van der Waals surface area contributed by atoms with Gasteiger partial charge in [-0.05, 0) is 110 Å². The molecule has 1 aliphatic heterocycles. The molecule has 0 unspecified atom stereocenters. The lowest BCUT2D eigenvalue weighted by atomic mass is 9.49. The van der Waals surface area contributed by atoms with Crippen molar-refractivity contribution >= 4 is 58.1 Å². The quantitative estimate of drug-likeness (QED) is 0.238. The summed E-state index contributed by atoms with van der Waals surface area (Å²) in [6.07, 6.45) is 8.00. The van der Waals surface area contributed by atoms with E-state index >= 15 is 0 Å². The molecule has 208 valence electrons. The van der Waals surface area contributed by atoms with Crippen LogP contribution in [-0.4, -0.2) is 41.6 Å². The Morgan fingerprint density at radius 1 is 1.05 bits per heavy atom. The molecule has 0 spiro atoms. The number of nitrogens with one attached hydrogen (secondary N) is 1. The lowest BCUT2D eigenvalue weighted by Crippen LogP contribution is -2.51. The number of thioether (sulfide) groups is 1. The molecule has 1 saturated heterocycles. The first kappa shape index (κ1) is 26.9. The number of halogens is 1. The number of carbonyl (C=O) groups excluding carboxylic acids is 4. The summed E-state index contributed by atoms with van der Waals surface area (Å²) in [5.41, 5.74) is 0.673. The molecule has 5 fully saturated rings. The van der Waals surface area contributed by atoms with E-state index in [-0.39, 0.29) is 10.9 Å². The molecule has 1 heterocycles. The number of ether oxygens (including phenoxy) is 2. The van der Waals surface area contributed by atoms with Crippen molar-refractivity contribution in [3.8, 4) is 11.5 Å². The second-order valence-electron chi connectivity index (χ2n) is 11.3. The normalized spacial score (nSPS) is 27.8. The monoisotopic (exact) mass is 580 g/mol. The molecular weight excluding hydrogens is 552 g/mol. The molecule has 1 N–H and O–H groups in total. The lowest BCUT2D eigenvalue weighted by Gasteiger charge is -2.55. The molecule has 40 heavy (non-hydrogen) atoms. The van der Waals surface area contributed by atoms with Crippen molar-refractivity contribution < 1.29 is 28.7 Å². The topological polar surface area (TPSA) is 102 Å². The van der Waals surface area contributed by atoms with Gasteiger partial charge in [-0.3, -0.25) is 24.1 Å². The van der Waals surface area contributed by atoms with Crippen LogP contribution >= 0.6 is 23.4 Å². The number of hydrogen-bond acceptors (Lipinski definition) is 7. The Balaban J connectivity index is 1.13. The number of nitrogens with zero attached hydrogens (tertiary/aromatic N) is 1. The number of carbonyl (C=O) groups is 4. The predicted molar refractivity (Wildman–Crippen MR) is 152 cm³/mol. The highest BCUT2D eigenvalue weighted by atomic mass is 35.5. The number of esters is 1. The maximum absolute atomic E-state index is 13.4. The van der Waals surface area contributed by atoms with Crippen LogP contribution in [0, 0.1) is 23.2 Å². The third kappa shape index (κ3) is 5.24. The fourth-order valence-electron chi connectivity index (χ4n) is 7.13. The van der Waals surface area contributed by atoms with Crippen LogP contribution in [0.5, 0.6) is 11.5 Å². The molecule has 4 saturated carbocycles.